The summed E-state index contributed by atoms with van der Waals surface area (Å²) in [4.78, 5) is 4.21. The van der Waals surface area contributed by atoms with E-state index in [1.807, 2.05) is 6.07 Å². The molecule has 0 aliphatic heterocycles. The van der Waals surface area contributed by atoms with Gasteiger partial charge in [-0.1, -0.05) is 12.1 Å². The van der Waals surface area contributed by atoms with Gasteiger partial charge in [0, 0.05) is 37.0 Å². The summed E-state index contributed by atoms with van der Waals surface area (Å²) in [6.07, 6.45) is 3.30. The van der Waals surface area contributed by atoms with Crippen LogP contribution in [0, 0.1) is 0 Å². The minimum atomic E-state index is -3.60. The summed E-state index contributed by atoms with van der Waals surface area (Å²) in [5, 5.41) is 0. The van der Waals surface area contributed by atoms with Crippen LogP contribution < -0.4 is 5.73 Å². The molecule has 0 aliphatic carbocycles. The number of halogens is 1. The Morgan fingerprint density at radius 1 is 1.29 bits per heavy atom. The van der Waals surface area contributed by atoms with Gasteiger partial charge in [-0.3, -0.25) is 4.98 Å². The predicted octanol–water partition coefficient (Wildman–Crippen LogP) is 2.12. The Kier molecular flexibility index (Phi) is 5.10. The highest BCUT2D eigenvalue weighted by Gasteiger charge is 2.23. The van der Waals surface area contributed by atoms with Crippen molar-refractivity contribution in [1.82, 2.24) is 9.29 Å². The lowest BCUT2D eigenvalue weighted by molar-refractivity contribution is 0.466. The summed E-state index contributed by atoms with van der Waals surface area (Å²) < 4.78 is 27.1. The number of nitrogens with zero attached hydrogens (tertiary/aromatic N) is 2. The van der Waals surface area contributed by atoms with E-state index in [4.69, 9.17) is 5.73 Å². The van der Waals surface area contributed by atoms with Crippen LogP contribution in [0.4, 0.5) is 0 Å². The van der Waals surface area contributed by atoms with Crippen molar-refractivity contribution in [3.8, 4) is 0 Å². The standard InChI is InChI=1S/C14H16BrN3O2S/c1-18(10-12-3-2-6-17-9-12)21(19,20)14-7-11(8-16)4-5-13(14)15/h2-7,9H,8,10,16H2,1H3. The second-order valence-electron chi connectivity index (χ2n) is 4.59. The normalized spacial score (nSPS) is 11.8. The first kappa shape index (κ1) is 16.1. The lowest BCUT2D eigenvalue weighted by Crippen LogP contribution is -2.27. The third kappa shape index (κ3) is 3.68. The van der Waals surface area contributed by atoms with Gasteiger partial charge < -0.3 is 5.73 Å². The van der Waals surface area contributed by atoms with E-state index < -0.39 is 10.0 Å². The molecule has 7 heteroatoms. The topological polar surface area (TPSA) is 76.3 Å². The first-order valence-electron chi connectivity index (χ1n) is 6.29. The van der Waals surface area contributed by atoms with Gasteiger partial charge in [0.2, 0.25) is 10.0 Å². The zero-order chi connectivity index (χ0) is 15.5. The molecule has 0 unspecified atom stereocenters. The summed E-state index contributed by atoms with van der Waals surface area (Å²) in [6.45, 7) is 0.553. The van der Waals surface area contributed by atoms with E-state index >= 15 is 0 Å². The van der Waals surface area contributed by atoms with Crippen LogP contribution in [0.15, 0.2) is 52.1 Å². The maximum absolute atomic E-state index is 12.7. The van der Waals surface area contributed by atoms with Crippen LogP contribution in [-0.4, -0.2) is 24.8 Å². The molecule has 1 aromatic heterocycles. The van der Waals surface area contributed by atoms with Crippen LogP contribution in [0.3, 0.4) is 0 Å². The van der Waals surface area contributed by atoms with Crippen LogP contribution in [0.2, 0.25) is 0 Å². The van der Waals surface area contributed by atoms with E-state index in [1.165, 1.54) is 4.31 Å². The average Bonchev–Trinajstić information content (AvgIpc) is 2.48. The molecule has 1 heterocycles. The van der Waals surface area contributed by atoms with Crippen LogP contribution in [0.25, 0.3) is 0 Å². The molecule has 2 aromatic rings. The van der Waals surface area contributed by atoms with E-state index in [2.05, 4.69) is 20.9 Å². The van der Waals surface area contributed by atoms with Crippen molar-refractivity contribution < 1.29 is 8.42 Å². The van der Waals surface area contributed by atoms with Crippen LogP contribution in [0.1, 0.15) is 11.1 Å². The van der Waals surface area contributed by atoms with Gasteiger partial charge in [-0.25, -0.2) is 8.42 Å². The molecule has 2 rings (SSSR count). The Balaban J connectivity index is 2.33. The van der Waals surface area contributed by atoms with Crippen molar-refractivity contribution in [1.29, 1.82) is 0 Å². The molecule has 0 fully saturated rings. The second-order valence-corrected chi connectivity index (χ2v) is 7.46. The zero-order valence-electron chi connectivity index (χ0n) is 11.5. The quantitative estimate of drug-likeness (QED) is 0.875. The number of sulfonamides is 1. The monoisotopic (exact) mass is 369 g/mol. The van der Waals surface area contributed by atoms with Gasteiger partial charge in [-0.2, -0.15) is 4.31 Å². The summed E-state index contributed by atoms with van der Waals surface area (Å²) in [5.41, 5.74) is 7.18. The van der Waals surface area contributed by atoms with E-state index in [0.717, 1.165) is 11.1 Å². The number of pyridine rings is 1. The molecule has 0 spiro atoms. The molecule has 0 amide bonds. The SMILES string of the molecule is CN(Cc1cccnc1)S(=O)(=O)c1cc(CN)ccc1Br. The van der Waals surface area contributed by atoms with Crippen LogP contribution in [0.5, 0.6) is 0 Å². The molecule has 1 aromatic carbocycles. The summed E-state index contributed by atoms with van der Waals surface area (Å²) in [6, 6.07) is 8.71. The van der Waals surface area contributed by atoms with Gasteiger partial charge in [-0.15, -0.1) is 0 Å². The maximum atomic E-state index is 12.7. The maximum Gasteiger partial charge on any atom is 0.244 e. The lowest BCUT2D eigenvalue weighted by Gasteiger charge is -2.18. The van der Waals surface area contributed by atoms with Gasteiger partial charge in [-0.05, 0) is 45.3 Å². The number of nitrogens with two attached hydrogens (primary N) is 1. The minimum Gasteiger partial charge on any atom is -0.326 e. The second kappa shape index (κ2) is 6.65. The Morgan fingerprint density at radius 2 is 2.05 bits per heavy atom. The van der Waals surface area contributed by atoms with Gasteiger partial charge in [0.15, 0.2) is 0 Å². The third-order valence-corrected chi connectivity index (χ3v) is 5.84. The van der Waals surface area contributed by atoms with Crippen LogP contribution >= 0.6 is 15.9 Å². The van der Waals surface area contributed by atoms with Crippen LogP contribution in [-0.2, 0) is 23.1 Å². The van der Waals surface area contributed by atoms with Crippen molar-refractivity contribution in [2.45, 2.75) is 18.0 Å². The van der Waals surface area contributed by atoms with Gasteiger partial charge in [0.25, 0.3) is 0 Å². The molecule has 0 atom stereocenters. The van der Waals surface area contributed by atoms with Crippen molar-refractivity contribution >= 4 is 26.0 Å². The van der Waals surface area contributed by atoms with E-state index in [1.54, 1.807) is 43.7 Å². The molecule has 0 radical (unpaired) electrons. The summed E-state index contributed by atoms with van der Waals surface area (Å²) >= 11 is 3.29. The molecule has 21 heavy (non-hydrogen) atoms. The highest BCUT2D eigenvalue weighted by molar-refractivity contribution is 9.10. The molecule has 5 nitrogen and oxygen atoms in total. The van der Waals surface area contributed by atoms with E-state index in [-0.39, 0.29) is 11.4 Å². The number of aromatic nitrogens is 1. The molecule has 112 valence electrons. The molecular weight excluding hydrogens is 354 g/mol. The first-order chi connectivity index (χ1) is 9.95. The third-order valence-electron chi connectivity index (χ3n) is 3.05. The summed E-state index contributed by atoms with van der Waals surface area (Å²) in [7, 11) is -2.05. The van der Waals surface area contributed by atoms with Gasteiger partial charge in [0.1, 0.15) is 0 Å². The fourth-order valence-corrected chi connectivity index (χ4v) is 4.00. The van der Waals surface area contributed by atoms with Crippen molar-refractivity contribution in [3.05, 3.63) is 58.3 Å². The van der Waals surface area contributed by atoms with Crippen molar-refractivity contribution in [2.75, 3.05) is 7.05 Å². The Bertz CT molecular complexity index is 720. The lowest BCUT2D eigenvalue weighted by atomic mass is 10.2. The molecular formula is C14H16BrN3O2S. The number of rotatable bonds is 5. The minimum absolute atomic E-state index is 0.219. The molecule has 0 saturated heterocycles. The highest BCUT2D eigenvalue weighted by Crippen LogP contribution is 2.26. The van der Waals surface area contributed by atoms with E-state index in [0.29, 0.717) is 11.0 Å². The zero-order valence-corrected chi connectivity index (χ0v) is 13.9. The van der Waals surface area contributed by atoms with E-state index in [9.17, 15) is 8.42 Å². The number of benzene rings is 1. The molecule has 0 bridgehead atoms. The summed E-state index contributed by atoms with van der Waals surface area (Å²) in [5.74, 6) is 0. The molecule has 0 saturated carbocycles. The Morgan fingerprint density at radius 3 is 2.67 bits per heavy atom. The average molecular weight is 370 g/mol. The Labute approximate surface area is 133 Å². The Hall–Kier alpha value is -1.28. The van der Waals surface area contributed by atoms with Gasteiger partial charge >= 0.3 is 0 Å². The molecule has 0 aliphatic rings. The predicted molar refractivity (Wildman–Crippen MR) is 84.9 cm³/mol. The van der Waals surface area contributed by atoms with Crippen molar-refractivity contribution in [3.63, 3.8) is 0 Å². The highest BCUT2D eigenvalue weighted by atomic mass is 79.9. The number of hydrogen-bond donors (Lipinski definition) is 1. The largest absolute Gasteiger partial charge is 0.326 e. The first-order valence-corrected chi connectivity index (χ1v) is 8.52. The number of hydrogen-bond acceptors (Lipinski definition) is 4. The van der Waals surface area contributed by atoms with Crippen molar-refractivity contribution in [2.24, 2.45) is 5.73 Å². The smallest absolute Gasteiger partial charge is 0.244 e. The fourth-order valence-electron chi connectivity index (χ4n) is 1.87. The fraction of sp³-hybridized carbons (Fsp3) is 0.214. The molecule has 2 N–H and O–H groups in total. The van der Waals surface area contributed by atoms with Gasteiger partial charge in [0.05, 0.1) is 4.90 Å².